The molecule has 0 aliphatic carbocycles. The van der Waals surface area contributed by atoms with E-state index in [4.69, 9.17) is 19.7 Å². The highest BCUT2D eigenvalue weighted by molar-refractivity contribution is 5.70. The van der Waals surface area contributed by atoms with E-state index in [0.29, 0.717) is 5.75 Å². The maximum atomic E-state index is 13.8. The average Bonchev–Trinajstić information content (AvgIpc) is 2.82. The van der Waals surface area contributed by atoms with E-state index >= 15 is 0 Å². The van der Waals surface area contributed by atoms with Gasteiger partial charge < -0.3 is 19.7 Å². The van der Waals surface area contributed by atoms with E-state index in [0.717, 1.165) is 6.92 Å². The summed E-state index contributed by atoms with van der Waals surface area (Å²) in [5, 5.41) is 3.66. The summed E-state index contributed by atoms with van der Waals surface area (Å²) in [6.07, 6.45) is 0. The Kier molecular flexibility index (Phi) is 3.52. The number of nitrogens with zero attached hydrogens (tertiary/aromatic N) is 1. The first-order valence-electron chi connectivity index (χ1n) is 5.73. The molecule has 0 atom stereocenters. The van der Waals surface area contributed by atoms with Crippen molar-refractivity contribution in [3.63, 3.8) is 0 Å². The summed E-state index contributed by atoms with van der Waals surface area (Å²) >= 11 is 0. The van der Waals surface area contributed by atoms with Crippen molar-refractivity contribution in [2.24, 2.45) is 0 Å². The van der Waals surface area contributed by atoms with E-state index in [2.05, 4.69) is 5.16 Å². The molecule has 20 heavy (non-hydrogen) atoms. The molecule has 0 unspecified atom stereocenters. The first-order chi connectivity index (χ1) is 9.36. The van der Waals surface area contributed by atoms with Crippen molar-refractivity contribution in [1.82, 2.24) is 5.16 Å². The van der Waals surface area contributed by atoms with Gasteiger partial charge in [-0.15, -0.1) is 0 Å². The fourth-order valence-electron chi connectivity index (χ4n) is 1.87. The van der Waals surface area contributed by atoms with Crippen LogP contribution in [-0.2, 0) is 5.92 Å². The largest absolute Gasteiger partial charge is 0.493 e. The number of alkyl halides is 2. The zero-order chi connectivity index (χ0) is 14.9. The standard InChI is InChI=1S/C13H14F2N2O3/c1-13(14,15)8-5-11(19-3)10(18-2)4-7(8)9-6-12(16)20-17-9/h4-6H,16H2,1-3H3. The second-order valence-electron chi connectivity index (χ2n) is 4.26. The Bertz CT molecular complexity index is 621. The zero-order valence-electron chi connectivity index (χ0n) is 11.2. The van der Waals surface area contributed by atoms with Crippen LogP contribution in [0.1, 0.15) is 12.5 Å². The van der Waals surface area contributed by atoms with Crippen LogP contribution < -0.4 is 15.2 Å². The van der Waals surface area contributed by atoms with Gasteiger partial charge in [0, 0.05) is 24.1 Å². The number of methoxy groups -OCH3 is 2. The van der Waals surface area contributed by atoms with E-state index in [1.807, 2.05) is 0 Å². The summed E-state index contributed by atoms with van der Waals surface area (Å²) in [5.41, 5.74) is 5.57. The number of ether oxygens (including phenoxy) is 2. The van der Waals surface area contributed by atoms with Gasteiger partial charge in [0.2, 0.25) is 5.88 Å². The molecule has 5 nitrogen and oxygen atoms in total. The molecule has 2 N–H and O–H groups in total. The molecule has 7 heteroatoms. The summed E-state index contributed by atoms with van der Waals surface area (Å²) in [7, 11) is 2.80. The van der Waals surface area contributed by atoms with Crippen LogP contribution in [0.4, 0.5) is 14.7 Å². The van der Waals surface area contributed by atoms with Crippen LogP contribution in [0.2, 0.25) is 0 Å². The van der Waals surface area contributed by atoms with E-state index in [9.17, 15) is 8.78 Å². The molecule has 0 amide bonds. The van der Waals surface area contributed by atoms with Gasteiger partial charge >= 0.3 is 0 Å². The molecule has 2 rings (SSSR count). The summed E-state index contributed by atoms with van der Waals surface area (Å²) in [6.45, 7) is 0.793. The van der Waals surface area contributed by atoms with Crippen LogP contribution in [0.25, 0.3) is 11.3 Å². The molecule has 0 spiro atoms. The molecule has 1 heterocycles. The van der Waals surface area contributed by atoms with Crippen molar-refractivity contribution in [3.05, 3.63) is 23.8 Å². The molecule has 0 fully saturated rings. The number of hydrogen-bond acceptors (Lipinski definition) is 5. The lowest BCUT2D eigenvalue weighted by molar-refractivity contribution is 0.0178. The molecule has 108 valence electrons. The number of halogens is 2. The fraction of sp³-hybridized carbons (Fsp3) is 0.308. The molecule has 0 radical (unpaired) electrons. The Hall–Kier alpha value is -2.31. The minimum absolute atomic E-state index is 0.0418. The highest BCUT2D eigenvalue weighted by Crippen LogP contribution is 2.42. The number of hydrogen-bond donors (Lipinski definition) is 1. The normalized spacial score (nSPS) is 11.4. The highest BCUT2D eigenvalue weighted by Gasteiger charge is 2.31. The molecule has 0 aliphatic heterocycles. The van der Waals surface area contributed by atoms with Gasteiger partial charge in [-0.1, -0.05) is 5.16 Å². The van der Waals surface area contributed by atoms with Gasteiger partial charge in [0.25, 0.3) is 5.92 Å². The molecule has 2 aromatic rings. The van der Waals surface area contributed by atoms with Crippen molar-refractivity contribution in [2.75, 3.05) is 20.0 Å². The second-order valence-corrected chi connectivity index (χ2v) is 4.26. The molecular weight excluding hydrogens is 270 g/mol. The molecule has 0 aliphatic rings. The molecule has 0 saturated carbocycles. The Balaban J connectivity index is 2.70. The Morgan fingerprint density at radius 1 is 1.15 bits per heavy atom. The summed E-state index contributed by atoms with van der Waals surface area (Å²) in [4.78, 5) is 0. The van der Waals surface area contributed by atoms with Gasteiger partial charge in [0.05, 0.1) is 14.2 Å². The minimum atomic E-state index is -3.08. The zero-order valence-corrected chi connectivity index (χ0v) is 11.2. The first kappa shape index (κ1) is 14.1. The monoisotopic (exact) mass is 284 g/mol. The van der Waals surface area contributed by atoms with Gasteiger partial charge in [-0.25, -0.2) is 8.78 Å². The van der Waals surface area contributed by atoms with E-state index in [1.54, 1.807) is 0 Å². The lowest BCUT2D eigenvalue weighted by Crippen LogP contribution is -2.10. The van der Waals surface area contributed by atoms with Gasteiger partial charge in [-0.2, -0.15) is 0 Å². The molecule has 0 bridgehead atoms. The molecule has 0 saturated heterocycles. The Morgan fingerprint density at radius 2 is 1.75 bits per heavy atom. The second kappa shape index (κ2) is 4.99. The Morgan fingerprint density at radius 3 is 2.20 bits per heavy atom. The van der Waals surface area contributed by atoms with Gasteiger partial charge in [0.1, 0.15) is 5.69 Å². The Labute approximate surface area is 114 Å². The number of rotatable bonds is 4. The maximum absolute atomic E-state index is 13.8. The fourth-order valence-corrected chi connectivity index (χ4v) is 1.87. The van der Waals surface area contributed by atoms with Crippen molar-refractivity contribution >= 4 is 5.88 Å². The van der Waals surface area contributed by atoms with Gasteiger partial charge in [-0.05, 0) is 12.1 Å². The summed E-state index contributed by atoms with van der Waals surface area (Å²) in [5.74, 6) is -2.51. The van der Waals surface area contributed by atoms with E-state index in [1.165, 1.54) is 32.4 Å². The molecule has 1 aromatic heterocycles. The lowest BCUT2D eigenvalue weighted by atomic mass is 9.99. The number of nitrogen functional groups attached to an aromatic ring is 1. The van der Waals surface area contributed by atoms with Crippen LogP contribution in [0.15, 0.2) is 22.7 Å². The van der Waals surface area contributed by atoms with Crippen LogP contribution >= 0.6 is 0 Å². The quantitative estimate of drug-likeness (QED) is 0.934. The molecule has 1 aromatic carbocycles. The maximum Gasteiger partial charge on any atom is 0.271 e. The molecular formula is C13H14F2N2O3. The highest BCUT2D eigenvalue weighted by atomic mass is 19.3. The average molecular weight is 284 g/mol. The number of anilines is 1. The minimum Gasteiger partial charge on any atom is -0.493 e. The third-order valence-corrected chi connectivity index (χ3v) is 2.80. The summed E-state index contributed by atoms with van der Waals surface area (Å²) in [6, 6.07) is 4.01. The predicted molar refractivity (Wildman–Crippen MR) is 69.0 cm³/mol. The number of nitrogens with two attached hydrogens (primary N) is 1. The van der Waals surface area contributed by atoms with Gasteiger partial charge in [-0.3, -0.25) is 0 Å². The number of benzene rings is 1. The van der Waals surface area contributed by atoms with Crippen molar-refractivity contribution in [2.45, 2.75) is 12.8 Å². The lowest BCUT2D eigenvalue weighted by Gasteiger charge is -2.17. The van der Waals surface area contributed by atoms with Crippen LogP contribution in [-0.4, -0.2) is 19.4 Å². The third kappa shape index (κ3) is 2.52. The third-order valence-electron chi connectivity index (χ3n) is 2.80. The topological polar surface area (TPSA) is 70.5 Å². The summed E-state index contributed by atoms with van der Waals surface area (Å²) < 4.78 is 42.4. The van der Waals surface area contributed by atoms with Gasteiger partial charge in [0.15, 0.2) is 11.5 Å². The van der Waals surface area contributed by atoms with E-state index < -0.39 is 5.92 Å². The first-order valence-corrected chi connectivity index (χ1v) is 5.73. The van der Waals surface area contributed by atoms with Crippen molar-refractivity contribution in [1.29, 1.82) is 0 Å². The van der Waals surface area contributed by atoms with Crippen LogP contribution in [0.3, 0.4) is 0 Å². The van der Waals surface area contributed by atoms with Crippen molar-refractivity contribution < 1.29 is 22.8 Å². The van der Waals surface area contributed by atoms with Crippen LogP contribution in [0, 0.1) is 0 Å². The van der Waals surface area contributed by atoms with Crippen LogP contribution in [0.5, 0.6) is 11.5 Å². The SMILES string of the molecule is COc1cc(-c2cc(N)on2)c(C(C)(F)F)cc1OC. The predicted octanol–water partition coefficient (Wildman–Crippen LogP) is 3.05. The smallest absolute Gasteiger partial charge is 0.271 e. The number of aromatic nitrogens is 1. The van der Waals surface area contributed by atoms with E-state index in [-0.39, 0.29) is 28.5 Å². The van der Waals surface area contributed by atoms with Crippen molar-refractivity contribution in [3.8, 4) is 22.8 Å².